The van der Waals surface area contributed by atoms with Gasteiger partial charge in [0.15, 0.2) is 0 Å². The Kier molecular flexibility index (Phi) is 2.71. The van der Waals surface area contributed by atoms with Crippen molar-refractivity contribution in [3.8, 4) is 5.75 Å². The summed E-state index contributed by atoms with van der Waals surface area (Å²) in [5.41, 5.74) is 0.585. The van der Waals surface area contributed by atoms with Crippen molar-refractivity contribution in [1.29, 1.82) is 0 Å². The second kappa shape index (κ2) is 3.53. The van der Waals surface area contributed by atoms with Crippen molar-refractivity contribution in [2.75, 3.05) is 0 Å². The molecule has 0 spiro atoms. The summed E-state index contributed by atoms with van der Waals surface area (Å²) in [4.78, 5) is 10.4. The highest BCUT2D eigenvalue weighted by atomic mass is 16.6. The molecule has 1 aromatic carbocycles. The number of hydrogen-bond donors (Lipinski definition) is 1. The van der Waals surface area contributed by atoms with Crippen LogP contribution in [0.2, 0.25) is 0 Å². The third kappa shape index (κ3) is 2.09. The van der Waals surface area contributed by atoms with Crippen molar-refractivity contribution in [3.05, 3.63) is 33.4 Å². The number of rotatable bonds is 1. The molecule has 1 rings (SSSR count). The van der Waals surface area contributed by atoms with Gasteiger partial charge in [-0.25, -0.2) is 0 Å². The van der Waals surface area contributed by atoms with E-state index in [2.05, 4.69) is 0 Å². The number of hydrogen-bond acceptors (Lipinski definition) is 3. The molecule has 0 bridgehead atoms. The van der Waals surface area contributed by atoms with E-state index in [4.69, 9.17) is 0 Å². The van der Waals surface area contributed by atoms with E-state index >= 15 is 0 Å². The van der Waals surface area contributed by atoms with Crippen molar-refractivity contribution in [1.82, 2.24) is 0 Å². The van der Waals surface area contributed by atoms with Crippen molar-refractivity contribution >= 4 is 5.69 Å². The van der Waals surface area contributed by atoms with Gasteiger partial charge in [0.05, 0.1) is 10.5 Å². The fourth-order valence-corrected chi connectivity index (χ4v) is 1.58. The van der Waals surface area contributed by atoms with Crippen LogP contribution in [0.3, 0.4) is 0 Å². The van der Waals surface area contributed by atoms with Crippen LogP contribution in [-0.4, -0.2) is 10.0 Å². The largest absolute Gasteiger partial charge is 0.507 e. The maximum absolute atomic E-state index is 10.8. The number of aromatic hydroxyl groups is 1. The van der Waals surface area contributed by atoms with E-state index < -0.39 is 10.3 Å². The van der Waals surface area contributed by atoms with Crippen molar-refractivity contribution in [3.63, 3.8) is 0 Å². The molecular weight excluding hydrogens is 194 g/mol. The Morgan fingerprint density at radius 2 is 1.87 bits per heavy atom. The molecular formula is C11H15NO3. The van der Waals surface area contributed by atoms with Gasteiger partial charge in [0.25, 0.3) is 5.69 Å². The van der Waals surface area contributed by atoms with Gasteiger partial charge in [-0.2, -0.15) is 0 Å². The Bertz CT molecular complexity index is 405. The molecule has 0 saturated heterocycles. The van der Waals surface area contributed by atoms with Crippen LogP contribution in [0.25, 0.3) is 0 Å². The molecule has 4 nitrogen and oxygen atoms in total. The van der Waals surface area contributed by atoms with Gasteiger partial charge in [0.1, 0.15) is 5.75 Å². The van der Waals surface area contributed by atoms with Crippen LogP contribution in [0.1, 0.15) is 31.9 Å². The number of nitro benzene ring substituents is 1. The smallest absolute Gasteiger partial charge is 0.276 e. The lowest BCUT2D eigenvalue weighted by atomic mass is 9.84. The van der Waals surface area contributed by atoms with E-state index in [9.17, 15) is 15.2 Å². The van der Waals surface area contributed by atoms with Gasteiger partial charge in [0, 0.05) is 6.07 Å². The summed E-state index contributed by atoms with van der Waals surface area (Å²) >= 11 is 0. The lowest BCUT2D eigenvalue weighted by Gasteiger charge is -2.20. The molecule has 0 aliphatic heterocycles. The molecule has 0 heterocycles. The number of nitro groups is 1. The molecule has 1 aromatic rings. The van der Waals surface area contributed by atoms with Gasteiger partial charge in [-0.1, -0.05) is 20.8 Å². The molecule has 0 unspecified atom stereocenters. The predicted octanol–water partition coefficient (Wildman–Crippen LogP) is 2.91. The summed E-state index contributed by atoms with van der Waals surface area (Å²) in [6.45, 7) is 7.26. The fraction of sp³-hybridized carbons (Fsp3) is 0.455. The fourth-order valence-electron chi connectivity index (χ4n) is 1.58. The molecule has 0 saturated carbocycles. The molecule has 15 heavy (non-hydrogen) atoms. The first kappa shape index (κ1) is 11.5. The minimum absolute atomic E-state index is 0.0226. The number of phenolic OH excluding ortho intramolecular Hbond substituents is 1. The number of nitrogens with zero attached hydrogens (tertiary/aromatic N) is 1. The SMILES string of the molecule is Cc1ccc([N+](=O)[O-])c(C(C)(C)C)c1O. The summed E-state index contributed by atoms with van der Waals surface area (Å²) < 4.78 is 0. The lowest BCUT2D eigenvalue weighted by Crippen LogP contribution is -2.14. The van der Waals surface area contributed by atoms with Crippen LogP contribution < -0.4 is 0 Å². The van der Waals surface area contributed by atoms with E-state index in [0.29, 0.717) is 11.1 Å². The number of benzene rings is 1. The summed E-state index contributed by atoms with van der Waals surface area (Å²) in [6.07, 6.45) is 0. The monoisotopic (exact) mass is 209 g/mol. The third-order valence-electron chi connectivity index (χ3n) is 2.30. The molecule has 0 radical (unpaired) electrons. The summed E-state index contributed by atoms with van der Waals surface area (Å²) in [5, 5.41) is 20.7. The van der Waals surface area contributed by atoms with Gasteiger partial charge < -0.3 is 5.11 Å². The standard InChI is InChI=1S/C11H15NO3/c1-7-5-6-8(12(14)15)9(10(7)13)11(2,3)4/h5-6,13H,1-4H3. The second-order valence-corrected chi connectivity index (χ2v) is 4.63. The van der Waals surface area contributed by atoms with E-state index in [1.54, 1.807) is 13.0 Å². The molecule has 82 valence electrons. The van der Waals surface area contributed by atoms with Crippen LogP contribution in [-0.2, 0) is 5.41 Å². The topological polar surface area (TPSA) is 63.4 Å². The first-order valence-corrected chi connectivity index (χ1v) is 4.72. The average molecular weight is 209 g/mol. The predicted molar refractivity (Wildman–Crippen MR) is 58.2 cm³/mol. The molecule has 0 fully saturated rings. The zero-order valence-corrected chi connectivity index (χ0v) is 9.37. The first-order chi connectivity index (χ1) is 6.75. The van der Waals surface area contributed by atoms with Crippen molar-refractivity contribution < 1.29 is 10.0 Å². The quantitative estimate of drug-likeness (QED) is 0.571. The molecule has 0 aliphatic rings. The lowest BCUT2D eigenvalue weighted by molar-refractivity contribution is -0.386. The van der Waals surface area contributed by atoms with Crippen LogP contribution >= 0.6 is 0 Å². The highest BCUT2D eigenvalue weighted by Gasteiger charge is 2.29. The van der Waals surface area contributed by atoms with E-state index in [1.807, 2.05) is 20.8 Å². The van der Waals surface area contributed by atoms with Crippen molar-refractivity contribution in [2.45, 2.75) is 33.1 Å². The Morgan fingerprint density at radius 1 is 1.33 bits per heavy atom. The van der Waals surface area contributed by atoms with Crippen LogP contribution in [0.5, 0.6) is 5.75 Å². The Hall–Kier alpha value is -1.58. The molecule has 0 aromatic heterocycles. The maximum atomic E-state index is 10.8. The highest BCUT2D eigenvalue weighted by Crippen LogP contribution is 2.39. The first-order valence-electron chi connectivity index (χ1n) is 4.72. The summed E-state index contributed by atoms with van der Waals surface area (Å²) in [6, 6.07) is 3.00. The zero-order chi connectivity index (χ0) is 11.8. The molecule has 1 N–H and O–H groups in total. The third-order valence-corrected chi connectivity index (χ3v) is 2.30. The van der Waals surface area contributed by atoms with Crippen LogP contribution in [0, 0.1) is 17.0 Å². The summed E-state index contributed by atoms with van der Waals surface area (Å²) in [5.74, 6) is 0.0247. The van der Waals surface area contributed by atoms with Crippen LogP contribution in [0.4, 0.5) is 5.69 Å². The normalized spacial score (nSPS) is 11.5. The van der Waals surface area contributed by atoms with Crippen molar-refractivity contribution in [2.24, 2.45) is 0 Å². The molecule has 0 amide bonds. The molecule has 4 heteroatoms. The van der Waals surface area contributed by atoms with Gasteiger partial charge >= 0.3 is 0 Å². The number of aryl methyl sites for hydroxylation is 1. The van der Waals surface area contributed by atoms with Crippen LogP contribution in [0.15, 0.2) is 12.1 Å². The maximum Gasteiger partial charge on any atom is 0.276 e. The molecule has 0 atom stereocenters. The summed E-state index contributed by atoms with van der Waals surface area (Å²) in [7, 11) is 0. The minimum atomic E-state index is -0.459. The highest BCUT2D eigenvalue weighted by molar-refractivity contribution is 5.56. The van der Waals surface area contributed by atoms with Gasteiger partial charge in [-0.3, -0.25) is 10.1 Å². The second-order valence-electron chi connectivity index (χ2n) is 4.63. The van der Waals surface area contributed by atoms with E-state index in [1.165, 1.54) is 6.07 Å². The Morgan fingerprint density at radius 3 is 2.27 bits per heavy atom. The molecule has 0 aliphatic carbocycles. The Balaban J connectivity index is 3.57. The average Bonchev–Trinajstić information content (AvgIpc) is 2.06. The zero-order valence-electron chi connectivity index (χ0n) is 9.37. The minimum Gasteiger partial charge on any atom is -0.507 e. The van der Waals surface area contributed by atoms with Gasteiger partial charge in [-0.15, -0.1) is 0 Å². The number of phenols is 1. The van der Waals surface area contributed by atoms with E-state index in [0.717, 1.165) is 0 Å². The van der Waals surface area contributed by atoms with Gasteiger partial charge in [-0.05, 0) is 24.0 Å². The van der Waals surface area contributed by atoms with Gasteiger partial charge in [0.2, 0.25) is 0 Å². The van der Waals surface area contributed by atoms with E-state index in [-0.39, 0.29) is 11.4 Å². The Labute approximate surface area is 88.7 Å².